The van der Waals surface area contributed by atoms with Gasteiger partial charge in [-0.1, -0.05) is 0 Å². The van der Waals surface area contributed by atoms with Crippen LogP contribution in [0.25, 0.3) is 0 Å². The van der Waals surface area contributed by atoms with E-state index in [9.17, 15) is 18.0 Å². The highest BCUT2D eigenvalue weighted by Crippen LogP contribution is 2.19. The molecule has 0 unspecified atom stereocenters. The van der Waals surface area contributed by atoms with Crippen LogP contribution in [0.15, 0.2) is 48.5 Å². The summed E-state index contributed by atoms with van der Waals surface area (Å²) in [7, 11) is -3.89. The van der Waals surface area contributed by atoms with Crippen LogP contribution >= 0.6 is 0 Å². The van der Waals surface area contributed by atoms with Crippen molar-refractivity contribution in [2.24, 2.45) is 5.73 Å². The second-order valence-electron chi connectivity index (χ2n) is 6.69. The van der Waals surface area contributed by atoms with Gasteiger partial charge < -0.3 is 20.5 Å². The van der Waals surface area contributed by atoms with Gasteiger partial charge in [0.1, 0.15) is 17.3 Å². The topological polar surface area (TPSA) is 137 Å². The monoisotopic (exact) mass is 435 g/mol. The van der Waals surface area contributed by atoms with Crippen molar-refractivity contribution in [1.29, 1.82) is 0 Å². The maximum absolute atomic E-state index is 12.2. The standard InChI is InChI=1S/C20H25N3O6S/c1-14(2)29-18-9-5-16(6-10-18)23-30(26,27)13-20(25)22-15-3-7-17(8-4-15)28-12-11-19(21)24/h3-10,14,23H,11-13H2,1-2H3,(H2,21,24)(H,22,25). The summed E-state index contributed by atoms with van der Waals surface area (Å²) in [5.74, 6) is -0.784. The van der Waals surface area contributed by atoms with E-state index in [1.165, 1.54) is 0 Å². The summed E-state index contributed by atoms with van der Waals surface area (Å²) in [5.41, 5.74) is 5.77. The molecule has 2 amide bonds. The minimum Gasteiger partial charge on any atom is -0.493 e. The number of rotatable bonds is 11. The molecule has 30 heavy (non-hydrogen) atoms. The van der Waals surface area contributed by atoms with Gasteiger partial charge in [-0.05, 0) is 62.4 Å². The molecule has 10 heteroatoms. The van der Waals surface area contributed by atoms with E-state index in [2.05, 4.69) is 10.0 Å². The SMILES string of the molecule is CC(C)Oc1ccc(NS(=O)(=O)CC(=O)Nc2ccc(OCCC(N)=O)cc2)cc1. The van der Waals surface area contributed by atoms with E-state index < -0.39 is 27.6 Å². The third-order valence-electron chi connectivity index (χ3n) is 3.58. The number of primary amides is 1. The van der Waals surface area contributed by atoms with Crippen molar-refractivity contribution in [3.05, 3.63) is 48.5 Å². The molecule has 0 bridgehead atoms. The number of amides is 2. The Bertz CT molecular complexity index is 957. The van der Waals surface area contributed by atoms with Crippen LogP contribution in [0.3, 0.4) is 0 Å². The van der Waals surface area contributed by atoms with Crippen molar-refractivity contribution in [3.63, 3.8) is 0 Å². The first-order chi connectivity index (χ1) is 14.1. The van der Waals surface area contributed by atoms with Crippen LogP contribution < -0.4 is 25.2 Å². The number of ether oxygens (including phenoxy) is 2. The number of nitrogens with one attached hydrogen (secondary N) is 2. The van der Waals surface area contributed by atoms with E-state index in [-0.39, 0.29) is 19.1 Å². The third kappa shape index (κ3) is 8.39. The Hall–Kier alpha value is -3.27. The van der Waals surface area contributed by atoms with Crippen LogP contribution in [-0.2, 0) is 19.6 Å². The molecule has 0 aliphatic rings. The molecule has 2 rings (SSSR count). The summed E-state index contributed by atoms with van der Waals surface area (Å²) in [6.45, 7) is 3.93. The lowest BCUT2D eigenvalue weighted by Crippen LogP contribution is -2.27. The fourth-order valence-corrected chi connectivity index (χ4v) is 3.35. The number of benzene rings is 2. The average molecular weight is 436 g/mol. The molecule has 0 radical (unpaired) electrons. The second kappa shape index (κ2) is 10.5. The summed E-state index contributed by atoms with van der Waals surface area (Å²) in [6.07, 6.45) is 0.101. The van der Waals surface area contributed by atoms with Crippen LogP contribution in [0, 0.1) is 0 Å². The number of nitrogens with two attached hydrogens (primary N) is 1. The highest BCUT2D eigenvalue weighted by Gasteiger charge is 2.17. The zero-order valence-electron chi connectivity index (χ0n) is 16.8. The fraction of sp³-hybridized carbons (Fsp3) is 0.300. The van der Waals surface area contributed by atoms with Crippen molar-refractivity contribution < 1.29 is 27.5 Å². The molecule has 162 valence electrons. The molecule has 0 atom stereocenters. The smallest absolute Gasteiger partial charge is 0.241 e. The molecule has 2 aromatic carbocycles. The molecule has 0 aliphatic carbocycles. The zero-order valence-corrected chi connectivity index (χ0v) is 17.6. The number of anilines is 2. The van der Waals surface area contributed by atoms with Crippen molar-refractivity contribution in [2.45, 2.75) is 26.4 Å². The van der Waals surface area contributed by atoms with Gasteiger partial charge in [-0.15, -0.1) is 0 Å². The van der Waals surface area contributed by atoms with E-state index in [0.717, 1.165) is 0 Å². The summed E-state index contributed by atoms with van der Waals surface area (Å²) in [5, 5.41) is 2.51. The zero-order chi connectivity index (χ0) is 22.1. The Morgan fingerprint density at radius 2 is 1.53 bits per heavy atom. The van der Waals surface area contributed by atoms with Gasteiger partial charge in [-0.3, -0.25) is 14.3 Å². The fourth-order valence-electron chi connectivity index (χ4n) is 2.36. The van der Waals surface area contributed by atoms with E-state index >= 15 is 0 Å². The number of sulfonamides is 1. The predicted molar refractivity (Wildman–Crippen MR) is 114 cm³/mol. The Labute approximate surface area is 175 Å². The minimum atomic E-state index is -3.89. The lowest BCUT2D eigenvalue weighted by molar-refractivity contribution is -0.118. The van der Waals surface area contributed by atoms with Gasteiger partial charge in [0.05, 0.1) is 19.1 Å². The van der Waals surface area contributed by atoms with Gasteiger partial charge in [-0.2, -0.15) is 0 Å². The number of carbonyl (C=O) groups excluding carboxylic acids is 2. The third-order valence-corrected chi connectivity index (χ3v) is 4.76. The molecule has 0 spiro atoms. The summed E-state index contributed by atoms with van der Waals surface area (Å²) in [4.78, 5) is 22.8. The number of hydrogen-bond donors (Lipinski definition) is 3. The predicted octanol–water partition coefficient (Wildman–Crippen LogP) is 2.11. The molecular formula is C20H25N3O6S. The average Bonchev–Trinajstić information content (AvgIpc) is 2.63. The van der Waals surface area contributed by atoms with Crippen LogP contribution in [0.5, 0.6) is 11.5 Å². The van der Waals surface area contributed by atoms with Crippen LogP contribution in [0.2, 0.25) is 0 Å². The van der Waals surface area contributed by atoms with E-state index in [1.54, 1.807) is 48.5 Å². The number of carbonyl (C=O) groups is 2. The first-order valence-electron chi connectivity index (χ1n) is 9.21. The molecule has 0 aromatic heterocycles. The Balaban J connectivity index is 1.86. The van der Waals surface area contributed by atoms with Crippen LogP contribution in [0.1, 0.15) is 20.3 Å². The second-order valence-corrected chi connectivity index (χ2v) is 8.41. The van der Waals surface area contributed by atoms with Crippen LogP contribution in [-0.4, -0.2) is 38.7 Å². The maximum atomic E-state index is 12.2. The van der Waals surface area contributed by atoms with Gasteiger partial charge >= 0.3 is 0 Å². The Kier molecular flexibility index (Phi) is 8.05. The van der Waals surface area contributed by atoms with Crippen molar-refractivity contribution in [1.82, 2.24) is 0 Å². The van der Waals surface area contributed by atoms with Gasteiger partial charge in [0, 0.05) is 11.4 Å². The lowest BCUT2D eigenvalue weighted by Gasteiger charge is -2.12. The molecule has 0 saturated carbocycles. The van der Waals surface area contributed by atoms with Gasteiger partial charge in [0.15, 0.2) is 0 Å². The molecule has 2 aromatic rings. The van der Waals surface area contributed by atoms with Crippen molar-refractivity contribution >= 4 is 33.2 Å². The van der Waals surface area contributed by atoms with E-state index in [0.29, 0.717) is 22.9 Å². The Morgan fingerprint density at radius 3 is 2.10 bits per heavy atom. The quantitative estimate of drug-likeness (QED) is 0.494. The lowest BCUT2D eigenvalue weighted by atomic mass is 10.3. The minimum absolute atomic E-state index is 0.00649. The summed E-state index contributed by atoms with van der Waals surface area (Å²) >= 11 is 0. The van der Waals surface area contributed by atoms with Gasteiger partial charge in [0.25, 0.3) is 0 Å². The summed E-state index contributed by atoms with van der Waals surface area (Å²) < 4.78 is 37.6. The summed E-state index contributed by atoms with van der Waals surface area (Å²) in [6, 6.07) is 12.7. The van der Waals surface area contributed by atoms with Crippen molar-refractivity contribution in [3.8, 4) is 11.5 Å². The molecule has 0 fully saturated rings. The molecule has 0 aliphatic heterocycles. The van der Waals surface area contributed by atoms with E-state index in [4.69, 9.17) is 15.2 Å². The highest BCUT2D eigenvalue weighted by molar-refractivity contribution is 7.93. The maximum Gasteiger partial charge on any atom is 0.241 e. The van der Waals surface area contributed by atoms with Crippen molar-refractivity contribution in [2.75, 3.05) is 22.4 Å². The molecule has 0 saturated heterocycles. The highest BCUT2D eigenvalue weighted by atomic mass is 32.2. The van der Waals surface area contributed by atoms with E-state index in [1.807, 2.05) is 13.8 Å². The Morgan fingerprint density at radius 1 is 0.967 bits per heavy atom. The number of hydrogen-bond acceptors (Lipinski definition) is 6. The largest absolute Gasteiger partial charge is 0.493 e. The first kappa shape index (κ1) is 23.0. The van der Waals surface area contributed by atoms with Gasteiger partial charge in [0.2, 0.25) is 21.8 Å². The van der Waals surface area contributed by atoms with Gasteiger partial charge in [-0.25, -0.2) is 8.42 Å². The molecule has 9 nitrogen and oxygen atoms in total. The first-order valence-corrected chi connectivity index (χ1v) is 10.9. The molecular weight excluding hydrogens is 410 g/mol. The van der Waals surface area contributed by atoms with Crippen LogP contribution in [0.4, 0.5) is 11.4 Å². The normalized spacial score (nSPS) is 11.0. The molecule has 0 heterocycles. The molecule has 4 N–H and O–H groups in total.